The number of nitrogens with zero attached hydrogens (tertiary/aromatic N) is 1. The topological polar surface area (TPSA) is 57.4 Å². The van der Waals surface area contributed by atoms with Crippen LogP contribution in [-0.2, 0) is 9.16 Å². The first-order chi connectivity index (χ1) is 12.6. The predicted molar refractivity (Wildman–Crippen MR) is 125 cm³/mol. The Morgan fingerprint density at radius 2 is 1.81 bits per heavy atom. The van der Waals surface area contributed by atoms with Gasteiger partial charge in [0.05, 0.1) is 30.2 Å². The Morgan fingerprint density at radius 1 is 1.22 bits per heavy atom. The van der Waals surface area contributed by atoms with Gasteiger partial charge >= 0.3 is 0 Å². The van der Waals surface area contributed by atoms with Gasteiger partial charge < -0.3 is 14.9 Å². The van der Waals surface area contributed by atoms with E-state index < -0.39 is 8.32 Å². The lowest BCUT2D eigenvalue weighted by Gasteiger charge is -2.49. The van der Waals surface area contributed by atoms with Crippen LogP contribution < -0.4 is 5.73 Å². The van der Waals surface area contributed by atoms with Crippen molar-refractivity contribution in [2.45, 2.75) is 89.8 Å². The fourth-order valence-electron chi connectivity index (χ4n) is 5.05. The Bertz CT molecular complexity index is 590. The largest absolute Gasteiger partial charge is 0.410 e. The van der Waals surface area contributed by atoms with Crippen LogP contribution in [0.2, 0.25) is 16.6 Å². The summed E-state index contributed by atoms with van der Waals surface area (Å²) in [6, 6.07) is 1.99. The van der Waals surface area contributed by atoms with Gasteiger partial charge in [-0.25, -0.2) is 0 Å². The summed E-state index contributed by atoms with van der Waals surface area (Å²) < 4.78 is 14.6. The standard InChI is InChI=1S/C21H37IN2O2Si/c1-13(2)27(14(3)4,15(5)6)26-21-16(7)10-19(25-20(21)11-22)17-8-9-24-12-18(17)23/h8-9,12-16,19-21H,10-11,23H2,1-7H3/t16-,19-,20-,21+/m1/s1. The second-order valence-corrected chi connectivity index (χ2v) is 15.2. The molecule has 2 heterocycles. The second-order valence-electron chi connectivity index (χ2n) is 8.94. The highest BCUT2D eigenvalue weighted by atomic mass is 127. The average molecular weight is 505 g/mol. The number of pyridine rings is 1. The summed E-state index contributed by atoms with van der Waals surface area (Å²) in [5, 5.41) is 0. The zero-order valence-electron chi connectivity index (χ0n) is 17.9. The number of anilines is 1. The van der Waals surface area contributed by atoms with Crippen molar-refractivity contribution in [2.24, 2.45) is 5.92 Å². The monoisotopic (exact) mass is 504 g/mol. The molecule has 0 spiro atoms. The van der Waals surface area contributed by atoms with Crippen molar-refractivity contribution in [2.75, 3.05) is 10.2 Å². The molecule has 0 saturated carbocycles. The van der Waals surface area contributed by atoms with E-state index in [0.29, 0.717) is 22.5 Å². The fraction of sp³-hybridized carbons (Fsp3) is 0.762. The molecule has 1 aromatic heterocycles. The number of hydrogen-bond donors (Lipinski definition) is 1. The first-order valence-electron chi connectivity index (χ1n) is 10.2. The molecule has 2 N–H and O–H groups in total. The number of alkyl halides is 1. The van der Waals surface area contributed by atoms with E-state index in [0.717, 1.165) is 22.1 Å². The second kappa shape index (κ2) is 9.54. The lowest BCUT2D eigenvalue weighted by atomic mass is 9.88. The summed E-state index contributed by atoms with van der Waals surface area (Å²) in [5.41, 5.74) is 9.68. The SMILES string of the molecule is CC(C)[Si](O[C@H]1[C@H](C)C[C@H](c2ccncc2N)O[C@@H]1CI)(C(C)C)C(C)C. The van der Waals surface area contributed by atoms with Gasteiger partial charge in [-0.15, -0.1) is 0 Å². The first kappa shape index (κ1) is 23.1. The number of halogens is 1. The zero-order valence-corrected chi connectivity index (χ0v) is 21.1. The van der Waals surface area contributed by atoms with Gasteiger partial charge in [-0.3, -0.25) is 4.98 Å². The molecule has 6 heteroatoms. The smallest absolute Gasteiger partial charge is 0.200 e. The molecule has 154 valence electrons. The van der Waals surface area contributed by atoms with Crippen LogP contribution in [0, 0.1) is 5.92 Å². The van der Waals surface area contributed by atoms with Gasteiger partial charge in [0.2, 0.25) is 8.32 Å². The van der Waals surface area contributed by atoms with E-state index >= 15 is 0 Å². The van der Waals surface area contributed by atoms with E-state index in [1.165, 1.54) is 0 Å². The van der Waals surface area contributed by atoms with Gasteiger partial charge in [0.1, 0.15) is 0 Å². The molecule has 27 heavy (non-hydrogen) atoms. The molecule has 0 aromatic carbocycles. The van der Waals surface area contributed by atoms with Gasteiger partial charge in [0.25, 0.3) is 0 Å². The third-order valence-corrected chi connectivity index (χ3v) is 13.2. The maximum atomic E-state index is 7.16. The van der Waals surface area contributed by atoms with Gasteiger partial charge in [-0.2, -0.15) is 0 Å². The molecule has 1 aliphatic heterocycles. The minimum absolute atomic E-state index is 0.0239. The summed E-state index contributed by atoms with van der Waals surface area (Å²) >= 11 is 2.44. The van der Waals surface area contributed by atoms with Gasteiger partial charge in [-0.1, -0.05) is 71.1 Å². The van der Waals surface area contributed by atoms with Crippen molar-refractivity contribution in [3.05, 3.63) is 24.0 Å². The number of hydrogen-bond acceptors (Lipinski definition) is 4. The van der Waals surface area contributed by atoms with Gasteiger partial charge in [-0.05, 0) is 35.0 Å². The maximum Gasteiger partial charge on any atom is 0.200 e. The molecular formula is C21H37IN2O2Si. The van der Waals surface area contributed by atoms with Crippen LogP contribution in [0.25, 0.3) is 0 Å². The third kappa shape index (κ3) is 4.70. The van der Waals surface area contributed by atoms with E-state index in [9.17, 15) is 0 Å². The van der Waals surface area contributed by atoms with Crippen LogP contribution >= 0.6 is 22.6 Å². The molecule has 0 aliphatic carbocycles. The van der Waals surface area contributed by atoms with E-state index in [1.54, 1.807) is 12.4 Å². The number of rotatable bonds is 7. The van der Waals surface area contributed by atoms with Crippen molar-refractivity contribution in [3.8, 4) is 0 Å². The molecule has 4 atom stereocenters. The van der Waals surface area contributed by atoms with E-state index in [1.807, 2.05) is 6.07 Å². The molecule has 0 amide bonds. The molecule has 1 aliphatic rings. The number of ether oxygens (including phenoxy) is 1. The first-order valence-corrected chi connectivity index (χ1v) is 13.9. The van der Waals surface area contributed by atoms with Crippen LogP contribution in [0.1, 0.15) is 66.6 Å². The van der Waals surface area contributed by atoms with Crippen LogP contribution in [0.5, 0.6) is 0 Å². The Labute approximate surface area is 180 Å². The normalized spacial score (nSPS) is 26.9. The fourth-order valence-corrected chi connectivity index (χ4v) is 11.4. The maximum absolute atomic E-state index is 7.16. The minimum atomic E-state index is -1.95. The van der Waals surface area contributed by atoms with Crippen molar-refractivity contribution in [1.29, 1.82) is 0 Å². The Morgan fingerprint density at radius 3 is 2.30 bits per heavy atom. The molecule has 1 saturated heterocycles. The van der Waals surface area contributed by atoms with Gasteiger partial charge in [0, 0.05) is 16.2 Å². The highest BCUT2D eigenvalue weighted by Gasteiger charge is 2.50. The predicted octanol–water partition coefficient (Wildman–Crippen LogP) is 6.13. The Balaban J connectivity index is 2.29. The lowest BCUT2D eigenvalue weighted by molar-refractivity contribution is -0.127. The highest BCUT2D eigenvalue weighted by Crippen LogP contribution is 2.47. The van der Waals surface area contributed by atoms with Crippen LogP contribution in [0.15, 0.2) is 18.5 Å². The Hall–Kier alpha value is -0.183. The lowest BCUT2D eigenvalue weighted by Crippen LogP contribution is -2.56. The van der Waals surface area contributed by atoms with Crippen LogP contribution in [0.4, 0.5) is 5.69 Å². The molecule has 2 rings (SSSR count). The molecular weight excluding hydrogens is 467 g/mol. The number of nitrogens with two attached hydrogens (primary N) is 1. The summed E-state index contributed by atoms with van der Waals surface area (Å²) in [7, 11) is -1.95. The highest BCUT2D eigenvalue weighted by molar-refractivity contribution is 14.1. The quantitative estimate of drug-likeness (QED) is 0.276. The van der Waals surface area contributed by atoms with E-state index in [2.05, 4.69) is 76.0 Å². The molecule has 0 bridgehead atoms. The van der Waals surface area contributed by atoms with Crippen molar-refractivity contribution in [3.63, 3.8) is 0 Å². The molecule has 0 unspecified atom stereocenters. The summed E-state index contributed by atoms with van der Waals surface area (Å²) in [4.78, 5) is 4.12. The minimum Gasteiger partial charge on any atom is -0.410 e. The molecule has 1 aromatic rings. The third-order valence-electron chi connectivity index (χ3n) is 6.29. The summed E-state index contributed by atoms with van der Waals surface area (Å²) in [6.07, 6.45) is 4.73. The van der Waals surface area contributed by atoms with Crippen molar-refractivity contribution < 1.29 is 9.16 Å². The Kier molecular flexibility index (Phi) is 8.16. The van der Waals surface area contributed by atoms with Crippen LogP contribution in [-0.4, -0.2) is 29.9 Å². The van der Waals surface area contributed by atoms with Crippen molar-refractivity contribution in [1.82, 2.24) is 4.98 Å². The number of aromatic nitrogens is 1. The van der Waals surface area contributed by atoms with Crippen LogP contribution in [0.3, 0.4) is 0 Å². The molecule has 0 radical (unpaired) electrons. The average Bonchev–Trinajstić information content (AvgIpc) is 2.59. The van der Waals surface area contributed by atoms with Gasteiger partial charge in [0.15, 0.2) is 0 Å². The molecule has 1 fully saturated rings. The van der Waals surface area contributed by atoms with Crippen molar-refractivity contribution >= 4 is 36.6 Å². The summed E-state index contributed by atoms with van der Waals surface area (Å²) in [5.74, 6) is 0.430. The molecule has 4 nitrogen and oxygen atoms in total. The summed E-state index contributed by atoms with van der Waals surface area (Å²) in [6.45, 7) is 16.4. The van der Waals surface area contributed by atoms with E-state index in [-0.39, 0.29) is 18.3 Å². The zero-order chi connectivity index (χ0) is 20.4. The number of nitrogen functional groups attached to an aromatic ring is 1. The van der Waals surface area contributed by atoms with E-state index in [4.69, 9.17) is 14.9 Å².